The minimum atomic E-state index is 0.0771. The second-order valence-corrected chi connectivity index (χ2v) is 13.9. The second kappa shape index (κ2) is 10.3. The predicted molar refractivity (Wildman–Crippen MR) is 218 cm³/mol. The van der Waals surface area contributed by atoms with Gasteiger partial charge in [-0.3, -0.25) is 0 Å². The van der Waals surface area contributed by atoms with Crippen LogP contribution in [0.3, 0.4) is 0 Å². The lowest BCUT2D eigenvalue weighted by Gasteiger charge is -2.33. The molecule has 3 aliphatic rings. The molecule has 1 aliphatic carbocycles. The fourth-order valence-corrected chi connectivity index (χ4v) is 9.30. The molecule has 0 spiro atoms. The SMILES string of the molecule is C1=CC2=[N+](c3ccccc3)c3ccccc3N3c4c(ccc5c4c4ccccc4n5-c4ccc(-n5c6ccccc6c6ccccc65)cc4)C(=C1)C23. The molecule has 0 fully saturated rings. The maximum atomic E-state index is 2.61. The average molecular weight is 664 g/mol. The highest BCUT2D eigenvalue weighted by Gasteiger charge is 2.49. The van der Waals surface area contributed by atoms with Gasteiger partial charge in [0.25, 0.3) is 0 Å². The fraction of sp³-hybridized carbons (Fsp3) is 0.0208. The smallest absolute Gasteiger partial charge is 0.235 e. The van der Waals surface area contributed by atoms with Gasteiger partial charge in [0.15, 0.2) is 0 Å². The first-order chi connectivity index (χ1) is 25.8. The van der Waals surface area contributed by atoms with Crippen molar-refractivity contribution in [3.05, 3.63) is 188 Å². The van der Waals surface area contributed by atoms with E-state index in [1.54, 1.807) is 0 Å². The van der Waals surface area contributed by atoms with Crippen molar-refractivity contribution in [2.75, 3.05) is 4.90 Å². The molecule has 4 heterocycles. The third-order valence-corrected chi connectivity index (χ3v) is 11.3. The van der Waals surface area contributed by atoms with Crippen molar-refractivity contribution in [3.63, 3.8) is 0 Å². The molecule has 0 N–H and O–H groups in total. The standard InChI is InChI=1S/C48H31N4/c1-2-13-31(14-3-1)51-42-22-10-11-23-43(42)52-47-36(18-12-24-45(47)51)37-29-30-44-46(48(37)52)38-17-6-9-21-41(38)50(44)33-27-25-32(26-28-33)49-39-19-7-4-15-34(39)35-16-5-8-20-40(35)49/h1-30,47H/q+1. The summed E-state index contributed by atoms with van der Waals surface area (Å²) in [5, 5.41) is 5.10. The lowest BCUT2D eigenvalue weighted by Crippen LogP contribution is -2.43. The van der Waals surface area contributed by atoms with Crippen LogP contribution in [0.5, 0.6) is 0 Å². The molecule has 4 heteroatoms. The molecular formula is C48H31N4+. The number of anilines is 2. The highest BCUT2D eigenvalue weighted by atomic mass is 15.3. The van der Waals surface area contributed by atoms with Crippen molar-refractivity contribution in [3.8, 4) is 11.4 Å². The summed E-state index contributed by atoms with van der Waals surface area (Å²) < 4.78 is 7.29. The zero-order valence-electron chi connectivity index (χ0n) is 28.2. The number of hydrogen-bond acceptors (Lipinski definition) is 1. The van der Waals surface area contributed by atoms with Crippen LogP contribution in [0, 0.1) is 0 Å². The molecule has 0 bridgehead atoms. The van der Waals surface area contributed by atoms with Crippen LogP contribution in [0.1, 0.15) is 5.56 Å². The molecule has 0 saturated heterocycles. The van der Waals surface area contributed by atoms with Gasteiger partial charge >= 0.3 is 0 Å². The quantitative estimate of drug-likeness (QED) is 0.172. The number of hydrogen-bond donors (Lipinski definition) is 0. The van der Waals surface area contributed by atoms with E-state index in [9.17, 15) is 0 Å². The van der Waals surface area contributed by atoms with Crippen LogP contribution >= 0.6 is 0 Å². The molecule has 52 heavy (non-hydrogen) atoms. The number of allylic oxidation sites excluding steroid dienone is 2. The predicted octanol–water partition coefficient (Wildman–Crippen LogP) is 11.6. The van der Waals surface area contributed by atoms with Crippen molar-refractivity contribution < 1.29 is 0 Å². The van der Waals surface area contributed by atoms with E-state index in [-0.39, 0.29) is 6.04 Å². The normalized spacial score (nSPS) is 15.8. The summed E-state index contributed by atoms with van der Waals surface area (Å²) in [6.45, 7) is 0. The largest absolute Gasteiger partial charge is 0.317 e. The molecule has 7 aromatic carbocycles. The first-order valence-electron chi connectivity index (χ1n) is 18.0. The number of aromatic nitrogens is 2. The maximum absolute atomic E-state index is 2.61. The van der Waals surface area contributed by atoms with E-state index in [0.717, 1.165) is 11.4 Å². The van der Waals surface area contributed by atoms with E-state index in [1.165, 1.54) is 83.2 Å². The van der Waals surface area contributed by atoms with E-state index in [4.69, 9.17) is 0 Å². The Hall–Kier alpha value is -6.91. The molecular weight excluding hydrogens is 633 g/mol. The Labute approximate surface area is 300 Å². The highest BCUT2D eigenvalue weighted by molar-refractivity contribution is 6.27. The Morgan fingerprint density at radius 2 is 1.06 bits per heavy atom. The van der Waals surface area contributed by atoms with Crippen LogP contribution in [-0.4, -0.2) is 20.9 Å². The number of benzene rings is 7. The summed E-state index contributed by atoms with van der Waals surface area (Å²) in [7, 11) is 0. The van der Waals surface area contributed by atoms with Crippen molar-refractivity contribution >= 4 is 77.6 Å². The Kier molecular flexibility index (Phi) is 5.53. The highest BCUT2D eigenvalue weighted by Crippen LogP contribution is 2.56. The Morgan fingerprint density at radius 1 is 0.481 bits per heavy atom. The van der Waals surface area contributed by atoms with Crippen molar-refractivity contribution in [1.29, 1.82) is 0 Å². The van der Waals surface area contributed by atoms with Gasteiger partial charge in [0.2, 0.25) is 17.1 Å². The monoisotopic (exact) mass is 663 g/mol. The molecule has 0 saturated carbocycles. The summed E-state index contributed by atoms with van der Waals surface area (Å²) >= 11 is 0. The van der Waals surface area contributed by atoms with Crippen molar-refractivity contribution in [2.24, 2.45) is 0 Å². The van der Waals surface area contributed by atoms with Crippen LogP contribution in [0.15, 0.2) is 182 Å². The first-order valence-corrected chi connectivity index (χ1v) is 18.0. The molecule has 0 radical (unpaired) electrons. The van der Waals surface area contributed by atoms with Crippen LogP contribution in [0.2, 0.25) is 0 Å². The molecule has 9 aromatic rings. The number of para-hydroxylation sites is 6. The number of fused-ring (bicyclic) bond motifs is 12. The maximum Gasteiger partial charge on any atom is 0.235 e. The summed E-state index contributed by atoms with van der Waals surface area (Å²) in [6.07, 6.45) is 6.85. The van der Waals surface area contributed by atoms with E-state index in [0.29, 0.717) is 0 Å². The van der Waals surface area contributed by atoms with E-state index < -0.39 is 0 Å². The summed E-state index contributed by atoms with van der Waals surface area (Å²) in [5.74, 6) is 0. The summed E-state index contributed by atoms with van der Waals surface area (Å²) in [4.78, 5) is 2.61. The lowest BCUT2D eigenvalue weighted by molar-refractivity contribution is 0.933. The van der Waals surface area contributed by atoms with Crippen LogP contribution in [0.25, 0.3) is 60.6 Å². The van der Waals surface area contributed by atoms with Gasteiger partial charge < -0.3 is 14.0 Å². The minimum Gasteiger partial charge on any atom is -0.317 e. The van der Waals surface area contributed by atoms with Crippen molar-refractivity contribution in [2.45, 2.75) is 6.04 Å². The van der Waals surface area contributed by atoms with Gasteiger partial charge in [0.1, 0.15) is 11.7 Å². The van der Waals surface area contributed by atoms with Crippen molar-refractivity contribution in [1.82, 2.24) is 13.7 Å². The molecule has 0 amide bonds. The Balaban J connectivity index is 1.09. The minimum absolute atomic E-state index is 0.0771. The average Bonchev–Trinajstić information content (AvgIpc) is 3.85. The van der Waals surface area contributed by atoms with Gasteiger partial charge in [-0.05, 0) is 60.2 Å². The zero-order valence-corrected chi connectivity index (χ0v) is 28.2. The summed E-state index contributed by atoms with van der Waals surface area (Å²) in [6, 6.07) is 59.9. The van der Waals surface area contributed by atoms with Gasteiger partial charge in [-0.25, -0.2) is 0 Å². The molecule has 4 nitrogen and oxygen atoms in total. The third-order valence-electron chi connectivity index (χ3n) is 11.3. The summed E-state index contributed by atoms with van der Waals surface area (Å²) in [5.41, 5.74) is 16.0. The molecule has 2 aromatic heterocycles. The second-order valence-electron chi connectivity index (χ2n) is 13.9. The number of nitrogens with zero attached hydrogens (tertiary/aromatic N) is 4. The Bertz CT molecular complexity index is 3010. The fourth-order valence-electron chi connectivity index (χ4n) is 9.30. The molecule has 12 rings (SSSR count). The molecule has 1 unspecified atom stereocenters. The molecule has 242 valence electrons. The zero-order chi connectivity index (χ0) is 33.9. The van der Waals surface area contributed by atoms with Gasteiger partial charge in [-0.1, -0.05) is 103 Å². The van der Waals surface area contributed by atoms with Gasteiger partial charge in [0, 0.05) is 62.8 Å². The van der Waals surface area contributed by atoms with E-state index >= 15 is 0 Å². The first kappa shape index (κ1) is 27.9. The molecule has 1 atom stereocenters. The van der Waals surface area contributed by atoms with Gasteiger partial charge in [0.05, 0.1) is 27.8 Å². The van der Waals surface area contributed by atoms with E-state index in [2.05, 4.69) is 201 Å². The van der Waals surface area contributed by atoms with Crippen LogP contribution < -0.4 is 9.48 Å². The molecule has 2 aliphatic heterocycles. The third kappa shape index (κ3) is 3.58. The van der Waals surface area contributed by atoms with Gasteiger partial charge in [-0.15, -0.1) is 0 Å². The van der Waals surface area contributed by atoms with Crippen LogP contribution in [0.4, 0.5) is 22.7 Å². The topological polar surface area (TPSA) is 16.1 Å². The van der Waals surface area contributed by atoms with Crippen LogP contribution in [-0.2, 0) is 0 Å². The number of rotatable bonds is 3. The van der Waals surface area contributed by atoms with Gasteiger partial charge in [-0.2, -0.15) is 4.58 Å². The van der Waals surface area contributed by atoms with E-state index in [1.807, 2.05) is 0 Å². The lowest BCUT2D eigenvalue weighted by atomic mass is 9.92. The Morgan fingerprint density at radius 3 is 1.77 bits per heavy atom.